The number of nitrogens with zero attached hydrogens (tertiary/aromatic N) is 5. The van der Waals surface area contributed by atoms with Crippen LogP contribution in [0.3, 0.4) is 0 Å². The normalized spacial score (nSPS) is 16.9. The van der Waals surface area contributed by atoms with E-state index in [1.165, 1.54) is 24.6 Å². The van der Waals surface area contributed by atoms with Crippen molar-refractivity contribution in [2.75, 3.05) is 0 Å². The second-order valence-electron chi connectivity index (χ2n) is 5.62. The van der Waals surface area contributed by atoms with Gasteiger partial charge in [0.05, 0.1) is 12.6 Å². The fourth-order valence-corrected chi connectivity index (χ4v) is 2.78. The summed E-state index contributed by atoms with van der Waals surface area (Å²) in [5, 5.41) is 19.8. The Bertz CT molecular complexity index is 913. The Kier molecular flexibility index (Phi) is 3.85. The second-order valence-corrected chi connectivity index (χ2v) is 5.62. The molecule has 1 unspecified atom stereocenters. The van der Waals surface area contributed by atoms with Crippen LogP contribution in [0.4, 0.5) is 4.39 Å². The standard InChI is InChI=1S/C17H14FN5O2/c18-12-4-2-1-3-11(12)10-23-15(13-6-8-25-22-13)9-14(21-23)17-19-7-5-16(24)20-17/h1-8,15H,9-10H2,(H,19,20,24). The van der Waals surface area contributed by atoms with Crippen LogP contribution in [-0.4, -0.2) is 31.0 Å². The molecule has 4 rings (SSSR count). The molecule has 0 spiro atoms. The Morgan fingerprint density at radius 2 is 2.12 bits per heavy atom. The number of hydrogen-bond donors (Lipinski definition) is 1. The minimum atomic E-state index is -0.293. The van der Waals surface area contributed by atoms with Crippen molar-refractivity contribution in [3.63, 3.8) is 0 Å². The van der Waals surface area contributed by atoms with Crippen LogP contribution in [0.1, 0.15) is 29.5 Å². The van der Waals surface area contributed by atoms with Crippen molar-refractivity contribution in [3.8, 4) is 5.88 Å². The van der Waals surface area contributed by atoms with Gasteiger partial charge in [0.1, 0.15) is 23.5 Å². The molecule has 0 aliphatic carbocycles. The van der Waals surface area contributed by atoms with Gasteiger partial charge in [-0.1, -0.05) is 23.4 Å². The third-order valence-electron chi connectivity index (χ3n) is 3.98. The molecule has 3 aromatic rings. The number of benzene rings is 1. The molecule has 25 heavy (non-hydrogen) atoms. The summed E-state index contributed by atoms with van der Waals surface area (Å²) < 4.78 is 19.0. The van der Waals surface area contributed by atoms with Gasteiger partial charge in [0.15, 0.2) is 5.82 Å². The quantitative estimate of drug-likeness (QED) is 0.786. The number of aromatic hydroxyl groups is 1. The molecule has 1 aromatic carbocycles. The van der Waals surface area contributed by atoms with Gasteiger partial charge in [0.2, 0.25) is 5.88 Å². The van der Waals surface area contributed by atoms with E-state index >= 15 is 0 Å². The molecule has 1 aliphatic heterocycles. The van der Waals surface area contributed by atoms with Crippen molar-refractivity contribution < 1.29 is 14.0 Å². The molecule has 1 atom stereocenters. The van der Waals surface area contributed by atoms with Gasteiger partial charge in [-0.05, 0) is 6.07 Å². The highest BCUT2D eigenvalue weighted by atomic mass is 19.1. The molecule has 1 aliphatic rings. The Morgan fingerprint density at radius 3 is 2.88 bits per heavy atom. The molecule has 8 heteroatoms. The van der Waals surface area contributed by atoms with E-state index in [1.54, 1.807) is 29.3 Å². The maximum absolute atomic E-state index is 14.0. The topological polar surface area (TPSA) is 87.6 Å². The fraction of sp³-hybridized carbons (Fsp3) is 0.176. The van der Waals surface area contributed by atoms with Crippen LogP contribution in [-0.2, 0) is 6.54 Å². The highest BCUT2D eigenvalue weighted by Gasteiger charge is 2.32. The molecular formula is C17H14FN5O2. The van der Waals surface area contributed by atoms with Crippen LogP contribution in [0, 0.1) is 5.82 Å². The summed E-state index contributed by atoms with van der Waals surface area (Å²) in [6.07, 6.45) is 3.43. The van der Waals surface area contributed by atoms with Crippen molar-refractivity contribution >= 4 is 5.71 Å². The number of hydrogen-bond acceptors (Lipinski definition) is 7. The van der Waals surface area contributed by atoms with Crippen molar-refractivity contribution in [3.05, 3.63) is 71.8 Å². The van der Waals surface area contributed by atoms with E-state index in [1.807, 2.05) is 0 Å². The Balaban J connectivity index is 1.68. The maximum atomic E-state index is 14.0. The molecule has 126 valence electrons. The van der Waals surface area contributed by atoms with Crippen molar-refractivity contribution in [1.82, 2.24) is 20.1 Å². The minimum absolute atomic E-state index is 0.127. The van der Waals surface area contributed by atoms with Crippen LogP contribution < -0.4 is 0 Å². The highest BCUT2D eigenvalue weighted by molar-refractivity contribution is 5.98. The molecule has 7 nitrogen and oxygen atoms in total. The van der Waals surface area contributed by atoms with Gasteiger partial charge in [-0.25, -0.2) is 9.37 Å². The van der Waals surface area contributed by atoms with E-state index in [9.17, 15) is 9.50 Å². The molecule has 0 amide bonds. The first kappa shape index (κ1) is 15.3. The van der Waals surface area contributed by atoms with Crippen molar-refractivity contribution in [2.45, 2.75) is 19.0 Å². The smallest absolute Gasteiger partial charge is 0.214 e. The van der Waals surface area contributed by atoms with Crippen LogP contribution in [0.5, 0.6) is 5.88 Å². The third-order valence-corrected chi connectivity index (χ3v) is 3.98. The summed E-state index contributed by atoms with van der Waals surface area (Å²) in [7, 11) is 0. The fourth-order valence-electron chi connectivity index (χ4n) is 2.78. The van der Waals surface area contributed by atoms with Gasteiger partial charge in [-0.3, -0.25) is 5.01 Å². The van der Waals surface area contributed by atoms with Gasteiger partial charge in [-0.2, -0.15) is 10.1 Å². The zero-order valence-corrected chi connectivity index (χ0v) is 13.1. The van der Waals surface area contributed by atoms with E-state index in [2.05, 4.69) is 20.2 Å². The molecule has 0 bridgehead atoms. The number of hydrazone groups is 1. The van der Waals surface area contributed by atoms with Gasteiger partial charge in [0, 0.05) is 30.3 Å². The van der Waals surface area contributed by atoms with Gasteiger partial charge < -0.3 is 9.63 Å². The summed E-state index contributed by atoms with van der Waals surface area (Å²) in [4.78, 5) is 8.15. The lowest BCUT2D eigenvalue weighted by molar-refractivity contribution is 0.211. The van der Waals surface area contributed by atoms with E-state index < -0.39 is 0 Å². The zero-order chi connectivity index (χ0) is 17.2. The van der Waals surface area contributed by atoms with Gasteiger partial charge in [-0.15, -0.1) is 0 Å². The lowest BCUT2D eigenvalue weighted by Crippen LogP contribution is -2.20. The molecule has 3 heterocycles. The van der Waals surface area contributed by atoms with E-state index in [4.69, 9.17) is 4.52 Å². The van der Waals surface area contributed by atoms with E-state index in [0.717, 1.165) is 0 Å². The largest absolute Gasteiger partial charge is 0.493 e. The zero-order valence-electron chi connectivity index (χ0n) is 13.1. The van der Waals surface area contributed by atoms with Crippen molar-refractivity contribution in [1.29, 1.82) is 0 Å². The molecule has 0 fully saturated rings. The monoisotopic (exact) mass is 339 g/mol. The number of aromatic nitrogens is 3. The average molecular weight is 339 g/mol. The summed E-state index contributed by atoms with van der Waals surface area (Å²) in [6, 6.07) is 9.48. The van der Waals surface area contributed by atoms with Crippen LogP contribution in [0.2, 0.25) is 0 Å². The van der Waals surface area contributed by atoms with Gasteiger partial charge in [0.25, 0.3) is 0 Å². The average Bonchev–Trinajstić information content (AvgIpc) is 3.26. The predicted molar refractivity (Wildman–Crippen MR) is 86.0 cm³/mol. The molecule has 0 saturated heterocycles. The maximum Gasteiger partial charge on any atom is 0.214 e. The Hall–Kier alpha value is -3.29. The first-order valence-corrected chi connectivity index (χ1v) is 7.71. The first-order valence-electron chi connectivity index (χ1n) is 7.71. The van der Waals surface area contributed by atoms with Crippen LogP contribution in [0.25, 0.3) is 0 Å². The van der Waals surface area contributed by atoms with Crippen molar-refractivity contribution in [2.24, 2.45) is 5.10 Å². The Labute approximate surface area is 142 Å². The molecular weight excluding hydrogens is 325 g/mol. The third kappa shape index (κ3) is 3.06. The van der Waals surface area contributed by atoms with E-state index in [-0.39, 0.29) is 24.3 Å². The van der Waals surface area contributed by atoms with Crippen LogP contribution >= 0.6 is 0 Å². The molecule has 0 radical (unpaired) electrons. The second kappa shape index (κ2) is 6.31. The number of halogens is 1. The number of rotatable bonds is 4. The van der Waals surface area contributed by atoms with Crippen LogP contribution in [0.15, 0.2) is 58.5 Å². The minimum Gasteiger partial charge on any atom is -0.493 e. The summed E-state index contributed by atoms with van der Waals surface area (Å²) in [6.45, 7) is 0.270. The highest BCUT2D eigenvalue weighted by Crippen LogP contribution is 2.32. The van der Waals surface area contributed by atoms with E-state index in [0.29, 0.717) is 29.2 Å². The van der Waals surface area contributed by atoms with Gasteiger partial charge >= 0.3 is 0 Å². The predicted octanol–water partition coefficient (Wildman–Crippen LogP) is 2.66. The molecule has 0 saturated carbocycles. The summed E-state index contributed by atoms with van der Waals surface area (Å²) in [5.41, 5.74) is 1.81. The Morgan fingerprint density at radius 1 is 1.24 bits per heavy atom. The summed E-state index contributed by atoms with van der Waals surface area (Å²) >= 11 is 0. The lowest BCUT2D eigenvalue weighted by Gasteiger charge is -2.21. The first-order chi connectivity index (χ1) is 12.2. The lowest BCUT2D eigenvalue weighted by atomic mass is 10.1. The SMILES string of the molecule is Oc1ccnc(C2=NN(Cc3ccccc3F)C(c3ccon3)C2)n1. The summed E-state index contributed by atoms with van der Waals surface area (Å²) in [5.74, 6) is -0.0820. The molecule has 2 aromatic heterocycles. The molecule has 1 N–H and O–H groups in total.